The fraction of sp³-hybridized carbons (Fsp3) is 0.895. The summed E-state index contributed by atoms with van der Waals surface area (Å²) in [6.45, 7) is 2.14. The molecule has 0 rings (SSSR count). The molecule has 2 N–H and O–H groups in total. The second-order valence-corrected chi connectivity index (χ2v) is 8.22. The van der Waals surface area contributed by atoms with E-state index in [1.54, 1.807) is 21.1 Å². The largest absolute Gasteiger partial charge is 0.550 e. The van der Waals surface area contributed by atoms with E-state index in [1.807, 2.05) is 0 Å². The summed E-state index contributed by atoms with van der Waals surface area (Å²) >= 11 is 0. The quantitative estimate of drug-likeness (QED) is 0.336. The van der Waals surface area contributed by atoms with Crippen molar-refractivity contribution in [2.24, 2.45) is 0 Å². The molecule has 0 spiro atoms. The summed E-state index contributed by atoms with van der Waals surface area (Å²) in [6.07, 6.45) is 6.53. The number of aliphatic hydroxyl groups is 2. The van der Waals surface area contributed by atoms with E-state index >= 15 is 0 Å². The zero-order chi connectivity index (χ0) is 19.5. The van der Waals surface area contributed by atoms with Crippen LogP contribution >= 0.6 is 0 Å². The Morgan fingerprint density at radius 3 is 2.04 bits per heavy atom. The highest BCUT2D eigenvalue weighted by atomic mass is 16.4. The summed E-state index contributed by atoms with van der Waals surface area (Å²) in [7, 11) is 5.30. The van der Waals surface area contributed by atoms with Crippen molar-refractivity contribution in [2.75, 3.05) is 27.7 Å². The first-order chi connectivity index (χ1) is 11.5. The zero-order valence-corrected chi connectivity index (χ0v) is 16.4. The van der Waals surface area contributed by atoms with Gasteiger partial charge in [0.2, 0.25) is 0 Å². The van der Waals surface area contributed by atoms with Crippen LogP contribution in [0, 0.1) is 0 Å². The molecule has 0 radical (unpaired) electrons. The van der Waals surface area contributed by atoms with E-state index in [0.717, 1.165) is 19.3 Å². The predicted molar refractivity (Wildman–Crippen MR) is 95.7 cm³/mol. The van der Waals surface area contributed by atoms with Gasteiger partial charge in [-0.1, -0.05) is 51.9 Å². The van der Waals surface area contributed by atoms with Gasteiger partial charge >= 0.3 is 0 Å². The first kappa shape index (κ1) is 24.0. The van der Waals surface area contributed by atoms with Gasteiger partial charge in [-0.2, -0.15) is 0 Å². The van der Waals surface area contributed by atoms with Crippen molar-refractivity contribution in [3.05, 3.63) is 0 Å². The maximum Gasteiger partial charge on any atom is 0.177 e. The van der Waals surface area contributed by atoms with E-state index in [2.05, 4.69) is 6.92 Å². The second-order valence-electron chi connectivity index (χ2n) is 8.22. The van der Waals surface area contributed by atoms with Crippen LogP contribution in [0.25, 0.3) is 0 Å². The number of ketones is 1. The van der Waals surface area contributed by atoms with Gasteiger partial charge in [-0.05, 0) is 6.42 Å². The molecule has 0 bridgehead atoms. The topological polar surface area (TPSA) is 97.7 Å². The highest BCUT2D eigenvalue weighted by Crippen LogP contribution is 2.20. The SMILES string of the molecule is CCCCCCCCCC(O)CC(=O)[C@@](O)(CC(=O)[O-])C[N+](C)(C)C. The number of hydrogen-bond donors (Lipinski definition) is 2. The van der Waals surface area contributed by atoms with Crippen LogP contribution < -0.4 is 5.11 Å². The predicted octanol–water partition coefficient (Wildman–Crippen LogP) is 1.02. The van der Waals surface area contributed by atoms with Gasteiger partial charge in [0.05, 0.1) is 27.2 Å². The number of aliphatic carboxylic acids is 1. The zero-order valence-electron chi connectivity index (χ0n) is 16.4. The Balaban J connectivity index is 4.37. The third-order valence-electron chi connectivity index (χ3n) is 4.25. The molecular formula is C19H37NO5. The summed E-state index contributed by atoms with van der Waals surface area (Å²) < 4.78 is 0.239. The van der Waals surface area contributed by atoms with E-state index in [9.17, 15) is 24.9 Å². The number of hydrogen-bond acceptors (Lipinski definition) is 5. The summed E-state index contributed by atoms with van der Waals surface area (Å²) in [5.74, 6) is -2.09. The van der Waals surface area contributed by atoms with E-state index in [1.165, 1.54) is 25.7 Å². The number of carbonyl (C=O) groups is 2. The number of Topliss-reactive ketones (excluding diaryl/α,β-unsaturated/α-hetero) is 1. The van der Waals surface area contributed by atoms with E-state index < -0.39 is 29.9 Å². The van der Waals surface area contributed by atoms with Crippen LogP contribution in [-0.2, 0) is 9.59 Å². The maximum absolute atomic E-state index is 12.4. The van der Waals surface area contributed by atoms with Crippen molar-refractivity contribution in [3.63, 3.8) is 0 Å². The fourth-order valence-electron chi connectivity index (χ4n) is 3.11. The van der Waals surface area contributed by atoms with Gasteiger partial charge in [0.15, 0.2) is 11.4 Å². The number of carbonyl (C=O) groups excluding carboxylic acids is 2. The molecule has 0 aliphatic rings. The molecule has 25 heavy (non-hydrogen) atoms. The number of quaternary nitrogens is 1. The van der Waals surface area contributed by atoms with Crippen molar-refractivity contribution in [2.45, 2.75) is 82.8 Å². The Kier molecular flexibility index (Phi) is 11.1. The molecular weight excluding hydrogens is 322 g/mol. The Hall–Kier alpha value is -0.980. The average molecular weight is 360 g/mol. The van der Waals surface area contributed by atoms with Gasteiger partial charge in [0.25, 0.3) is 0 Å². The minimum Gasteiger partial charge on any atom is -0.550 e. The third-order valence-corrected chi connectivity index (χ3v) is 4.25. The summed E-state index contributed by atoms with van der Waals surface area (Å²) in [5, 5.41) is 31.5. The molecule has 2 atom stereocenters. The van der Waals surface area contributed by atoms with Crippen molar-refractivity contribution in [1.82, 2.24) is 0 Å². The van der Waals surface area contributed by atoms with Crippen molar-refractivity contribution < 1.29 is 29.4 Å². The van der Waals surface area contributed by atoms with Crippen LogP contribution in [0.4, 0.5) is 0 Å². The molecule has 0 aromatic carbocycles. The maximum atomic E-state index is 12.4. The number of nitrogens with zero attached hydrogens (tertiary/aromatic N) is 1. The van der Waals surface area contributed by atoms with Crippen molar-refractivity contribution >= 4 is 11.8 Å². The molecule has 0 amide bonds. The normalized spacial score (nSPS) is 15.6. The standard InChI is InChI=1S/C19H37NO5/c1-5-6-7-8-9-10-11-12-16(21)13-17(22)19(25,14-18(23)24)15-20(2,3)4/h16,21,25H,5-15H2,1-4H3/t16?,19-/m1/s1. The molecule has 0 saturated heterocycles. The van der Waals surface area contributed by atoms with Crippen LogP contribution in [0.2, 0.25) is 0 Å². The van der Waals surface area contributed by atoms with Gasteiger partial charge < -0.3 is 24.6 Å². The number of unbranched alkanes of at least 4 members (excludes halogenated alkanes) is 6. The first-order valence-electron chi connectivity index (χ1n) is 9.44. The fourth-order valence-corrected chi connectivity index (χ4v) is 3.11. The molecule has 1 unspecified atom stereocenters. The number of carboxylic acid groups (broad SMARTS) is 1. The Morgan fingerprint density at radius 2 is 1.56 bits per heavy atom. The minimum absolute atomic E-state index is 0.0377. The lowest BCUT2D eigenvalue weighted by Gasteiger charge is -2.35. The third kappa shape index (κ3) is 12.1. The molecule has 0 aliphatic heterocycles. The lowest BCUT2D eigenvalue weighted by atomic mass is 9.88. The monoisotopic (exact) mass is 359 g/mol. The average Bonchev–Trinajstić information content (AvgIpc) is 2.43. The molecule has 6 nitrogen and oxygen atoms in total. The van der Waals surface area contributed by atoms with E-state index in [-0.39, 0.29) is 17.4 Å². The number of rotatable bonds is 15. The van der Waals surface area contributed by atoms with Crippen LogP contribution in [0.15, 0.2) is 0 Å². The summed E-state index contributed by atoms with van der Waals surface area (Å²) in [6, 6.07) is 0. The van der Waals surface area contributed by atoms with Gasteiger partial charge in [-0.15, -0.1) is 0 Å². The molecule has 0 heterocycles. The summed E-state index contributed by atoms with van der Waals surface area (Å²) in [4.78, 5) is 23.3. The lowest BCUT2D eigenvalue weighted by molar-refractivity contribution is -0.875. The van der Waals surface area contributed by atoms with E-state index in [4.69, 9.17) is 0 Å². The van der Waals surface area contributed by atoms with Gasteiger partial charge in [0.1, 0.15) is 6.54 Å². The Bertz CT molecular complexity index is 405. The highest BCUT2D eigenvalue weighted by Gasteiger charge is 2.41. The molecule has 148 valence electrons. The van der Waals surface area contributed by atoms with Crippen molar-refractivity contribution in [1.29, 1.82) is 0 Å². The summed E-state index contributed by atoms with van der Waals surface area (Å²) in [5.41, 5.74) is -2.00. The lowest BCUT2D eigenvalue weighted by Crippen LogP contribution is -2.56. The second kappa shape index (κ2) is 11.6. The van der Waals surface area contributed by atoms with Crippen molar-refractivity contribution in [3.8, 4) is 0 Å². The molecule has 0 saturated carbocycles. The minimum atomic E-state index is -2.00. The van der Waals surface area contributed by atoms with Crippen LogP contribution in [0.5, 0.6) is 0 Å². The van der Waals surface area contributed by atoms with Gasteiger partial charge in [-0.25, -0.2) is 0 Å². The van der Waals surface area contributed by atoms with Crippen LogP contribution in [0.3, 0.4) is 0 Å². The Labute approximate surface area is 152 Å². The van der Waals surface area contributed by atoms with Gasteiger partial charge in [0, 0.05) is 18.8 Å². The molecule has 0 aromatic heterocycles. The van der Waals surface area contributed by atoms with Crippen LogP contribution in [-0.4, -0.2) is 65.8 Å². The molecule has 0 fully saturated rings. The number of aliphatic hydroxyl groups excluding tert-OH is 1. The van der Waals surface area contributed by atoms with E-state index in [0.29, 0.717) is 6.42 Å². The first-order valence-corrected chi connectivity index (χ1v) is 9.44. The number of carboxylic acids is 1. The molecule has 0 aliphatic carbocycles. The Morgan fingerprint density at radius 1 is 1.04 bits per heavy atom. The van der Waals surface area contributed by atoms with Crippen LogP contribution in [0.1, 0.15) is 71.1 Å². The highest BCUT2D eigenvalue weighted by molar-refractivity contribution is 5.91. The molecule has 0 aromatic rings. The smallest absolute Gasteiger partial charge is 0.177 e. The number of likely N-dealkylation sites (N-methyl/N-ethyl adjacent to an activating group) is 1. The van der Waals surface area contributed by atoms with Gasteiger partial charge in [-0.3, -0.25) is 4.79 Å². The molecule has 6 heteroatoms.